The summed E-state index contributed by atoms with van der Waals surface area (Å²) in [6.07, 6.45) is 2.61. The lowest BCUT2D eigenvalue weighted by Gasteiger charge is -2.31. The van der Waals surface area contributed by atoms with Crippen molar-refractivity contribution in [3.63, 3.8) is 0 Å². The van der Waals surface area contributed by atoms with Crippen LogP contribution in [0, 0.1) is 5.82 Å². The summed E-state index contributed by atoms with van der Waals surface area (Å²) in [6, 6.07) is 9.60. The van der Waals surface area contributed by atoms with Crippen molar-refractivity contribution in [2.75, 3.05) is 21.3 Å². The number of hydrogen-bond acceptors (Lipinski definition) is 4. The van der Waals surface area contributed by atoms with Crippen molar-refractivity contribution in [3.8, 4) is 0 Å². The van der Waals surface area contributed by atoms with E-state index >= 15 is 0 Å². The SMILES string of the molecule is CCCCS(=O)(=O)Nc1ccc2c(c1)CCCN2S(=O)(=O)c1ccc(F)cc1. The van der Waals surface area contributed by atoms with Gasteiger partial charge >= 0.3 is 0 Å². The largest absolute Gasteiger partial charge is 0.284 e. The third-order valence-corrected chi connectivity index (χ3v) is 7.80. The van der Waals surface area contributed by atoms with Crippen LogP contribution in [0.3, 0.4) is 0 Å². The van der Waals surface area contributed by atoms with E-state index in [9.17, 15) is 21.2 Å². The molecule has 0 bridgehead atoms. The van der Waals surface area contributed by atoms with Crippen LogP contribution in [0.25, 0.3) is 0 Å². The van der Waals surface area contributed by atoms with E-state index in [0.717, 1.165) is 24.1 Å². The molecule has 2 aromatic carbocycles. The molecule has 0 spiro atoms. The number of hydrogen-bond donors (Lipinski definition) is 1. The van der Waals surface area contributed by atoms with Crippen molar-refractivity contribution in [3.05, 3.63) is 53.8 Å². The summed E-state index contributed by atoms with van der Waals surface area (Å²) < 4.78 is 67.2. The summed E-state index contributed by atoms with van der Waals surface area (Å²) in [4.78, 5) is 0.0195. The molecule has 1 heterocycles. The fraction of sp³-hybridized carbons (Fsp3) is 0.368. The van der Waals surface area contributed by atoms with Gasteiger partial charge in [0.25, 0.3) is 10.0 Å². The van der Waals surface area contributed by atoms with E-state index in [2.05, 4.69) is 4.72 Å². The Bertz CT molecular complexity index is 1050. The molecule has 6 nitrogen and oxygen atoms in total. The van der Waals surface area contributed by atoms with Gasteiger partial charge in [0.1, 0.15) is 5.82 Å². The standard InChI is InChI=1S/C19H23FN2O4S2/c1-2-3-13-27(23,24)21-17-8-11-19-15(14-17)5-4-12-22(19)28(25,26)18-9-6-16(20)7-10-18/h6-11,14,21H,2-5,12-13H2,1H3. The Morgan fingerprint density at radius 3 is 2.46 bits per heavy atom. The second-order valence-corrected chi connectivity index (χ2v) is 10.5. The predicted octanol–water partition coefficient (Wildman–Crippen LogP) is 3.51. The molecular weight excluding hydrogens is 403 g/mol. The predicted molar refractivity (Wildman–Crippen MR) is 108 cm³/mol. The number of anilines is 2. The monoisotopic (exact) mass is 426 g/mol. The first kappa shape index (κ1) is 20.6. The lowest BCUT2D eigenvalue weighted by atomic mass is 10.0. The van der Waals surface area contributed by atoms with Crippen LogP contribution in [0.15, 0.2) is 47.4 Å². The van der Waals surface area contributed by atoms with Gasteiger partial charge in [0.05, 0.1) is 16.3 Å². The highest BCUT2D eigenvalue weighted by molar-refractivity contribution is 7.93. The van der Waals surface area contributed by atoms with Gasteiger partial charge in [-0.15, -0.1) is 0 Å². The smallest absolute Gasteiger partial charge is 0.264 e. The van der Waals surface area contributed by atoms with Crippen molar-refractivity contribution in [1.82, 2.24) is 0 Å². The third kappa shape index (κ3) is 4.47. The average molecular weight is 427 g/mol. The van der Waals surface area contributed by atoms with Gasteiger partial charge in [0.2, 0.25) is 10.0 Å². The van der Waals surface area contributed by atoms with E-state index < -0.39 is 25.9 Å². The maximum absolute atomic E-state index is 13.1. The van der Waals surface area contributed by atoms with Crippen molar-refractivity contribution < 1.29 is 21.2 Å². The summed E-state index contributed by atoms with van der Waals surface area (Å²) in [5.74, 6) is -0.455. The molecule has 1 aliphatic heterocycles. The van der Waals surface area contributed by atoms with E-state index in [1.54, 1.807) is 18.2 Å². The Kier molecular flexibility index (Phi) is 5.95. The van der Waals surface area contributed by atoms with Gasteiger partial charge in [-0.1, -0.05) is 13.3 Å². The highest BCUT2D eigenvalue weighted by Gasteiger charge is 2.29. The molecule has 0 fully saturated rings. The van der Waals surface area contributed by atoms with E-state index in [1.165, 1.54) is 16.4 Å². The lowest BCUT2D eigenvalue weighted by molar-refractivity contribution is 0.585. The van der Waals surface area contributed by atoms with Crippen LogP contribution in [0.1, 0.15) is 31.7 Å². The van der Waals surface area contributed by atoms with Crippen molar-refractivity contribution in [1.29, 1.82) is 0 Å². The van der Waals surface area contributed by atoms with Crippen LogP contribution in [0.2, 0.25) is 0 Å². The lowest BCUT2D eigenvalue weighted by Crippen LogP contribution is -2.35. The molecule has 0 amide bonds. The van der Waals surface area contributed by atoms with E-state index in [4.69, 9.17) is 0 Å². The average Bonchev–Trinajstić information content (AvgIpc) is 2.66. The molecule has 0 radical (unpaired) electrons. The first-order chi connectivity index (χ1) is 13.2. The van der Waals surface area contributed by atoms with E-state index in [0.29, 0.717) is 37.2 Å². The zero-order chi connectivity index (χ0) is 20.4. The fourth-order valence-electron chi connectivity index (χ4n) is 3.17. The van der Waals surface area contributed by atoms with Gasteiger partial charge in [-0.2, -0.15) is 0 Å². The fourth-order valence-corrected chi connectivity index (χ4v) is 5.97. The molecule has 1 N–H and O–H groups in total. The molecule has 9 heteroatoms. The maximum atomic E-state index is 13.1. The summed E-state index contributed by atoms with van der Waals surface area (Å²) in [7, 11) is -7.25. The minimum atomic E-state index is -3.82. The number of benzene rings is 2. The Morgan fingerprint density at radius 2 is 1.79 bits per heavy atom. The van der Waals surface area contributed by atoms with Gasteiger partial charge in [0.15, 0.2) is 0 Å². The molecule has 0 aliphatic carbocycles. The molecule has 0 unspecified atom stereocenters. The van der Waals surface area contributed by atoms with Gasteiger partial charge in [0, 0.05) is 12.2 Å². The number of halogens is 1. The van der Waals surface area contributed by atoms with Gasteiger partial charge < -0.3 is 0 Å². The molecular formula is C19H23FN2O4S2. The Labute approximate surface area is 165 Å². The van der Waals surface area contributed by atoms with Crippen LogP contribution in [0.4, 0.5) is 15.8 Å². The summed E-state index contributed by atoms with van der Waals surface area (Å²) in [5, 5.41) is 0. The number of nitrogens with zero attached hydrogens (tertiary/aromatic N) is 1. The Balaban J connectivity index is 1.90. The molecule has 0 saturated carbocycles. The quantitative estimate of drug-likeness (QED) is 0.734. The molecule has 3 rings (SSSR count). The minimum Gasteiger partial charge on any atom is -0.284 e. The van der Waals surface area contributed by atoms with Crippen LogP contribution >= 0.6 is 0 Å². The maximum Gasteiger partial charge on any atom is 0.264 e. The van der Waals surface area contributed by atoms with Crippen LogP contribution in [-0.2, 0) is 26.5 Å². The number of unbranched alkanes of at least 4 members (excludes halogenated alkanes) is 1. The van der Waals surface area contributed by atoms with Gasteiger partial charge in [-0.05, 0) is 67.3 Å². The molecule has 0 saturated heterocycles. The summed E-state index contributed by atoms with van der Waals surface area (Å²) in [6.45, 7) is 2.23. The highest BCUT2D eigenvalue weighted by atomic mass is 32.2. The van der Waals surface area contributed by atoms with Crippen molar-refractivity contribution in [2.45, 2.75) is 37.5 Å². The Hall–Kier alpha value is -2.13. The minimum absolute atomic E-state index is 0.0195. The van der Waals surface area contributed by atoms with E-state index in [-0.39, 0.29) is 10.6 Å². The Morgan fingerprint density at radius 1 is 1.07 bits per heavy atom. The van der Waals surface area contributed by atoms with Gasteiger partial charge in [-0.3, -0.25) is 9.03 Å². The molecule has 28 heavy (non-hydrogen) atoms. The highest BCUT2D eigenvalue weighted by Crippen LogP contribution is 2.34. The number of nitrogens with one attached hydrogen (secondary N) is 1. The number of aryl methyl sites for hydroxylation is 1. The molecule has 1 aliphatic rings. The van der Waals surface area contributed by atoms with Crippen molar-refractivity contribution in [2.24, 2.45) is 0 Å². The van der Waals surface area contributed by atoms with E-state index in [1.807, 2.05) is 6.92 Å². The number of rotatable bonds is 7. The first-order valence-electron chi connectivity index (χ1n) is 9.15. The number of fused-ring (bicyclic) bond motifs is 1. The van der Waals surface area contributed by atoms with Crippen molar-refractivity contribution >= 4 is 31.4 Å². The molecule has 0 aromatic heterocycles. The second-order valence-electron chi connectivity index (χ2n) is 6.75. The molecule has 0 atom stereocenters. The number of sulfonamides is 2. The molecule has 2 aromatic rings. The summed E-state index contributed by atoms with van der Waals surface area (Å²) in [5.41, 5.74) is 1.70. The third-order valence-electron chi connectivity index (χ3n) is 4.60. The van der Waals surface area contributed by atoms with Gasteiger partial charge in [-0.25, -0.2) is 21.2 Å². The zero-order valence-corrected chi connectivity index (χ0v) is 17.2. The molecule has 152 valence electrons. The van der Waals surface area contributed by atoms with Crippen LogP contribution in [-0.4, -0.2) is 29.1 Å². The van der Waals surface area contributed by atoms with Crippen LogP contribution in [0.5, 0.6) is 0 Å². The second kappa shape index (κ2) is 8.08. The summed E-state index contributed by atoms with van der Waals surface area (Å²) >= 11 is 0. The zero-order valence-electron chi connectivity index (χ0n) is 15.6. The first-order valence-corrected chi connectivity index (χ1v) is 12.2. The normalized spacial score (nSPS) is 14.6. The van der Waals surface area contributed by atoms with Crippen LogP contribution < -0.4 is 9.03 Å². The topological polar surface area (TPSA) is 83.6 Å².